The van der Waals surface area contributed by atoms with E-state index < -0.39 is 18.2 Å². The Morgan fingerprint density at radius 2 is 1.57 bits per heavy atom. The second-order valence-electron chi connectivity index (χ2n) is 6.38. The second-order valence-corrected chi connectivity index (χ2v) is 6.38. The van der Waals surface area contributed by atoms with Crippen LogP contribution in [0.2, 0.25) is 0 Å². The topological polar surface area (TPSA) is 52.6 Å². The van der Waals surface area contributed by atoms with Crippen LogP contribution in [0.3, 0.4) is 0 Å². The zero-order valence-corrected chi connectivity index (χ0v) is 15.3. The molecule has 0 saturated carbocycles. The monoisotopic (exact) mass is 328 g/mol. The van der Waals surface area contributed by atoms with Gasteiger partial charge in [-0.15, -0.1) is 4.65 Å². The lowest BCUT2D eigenvalue weighted by atomic mass is 10.1. The summed E-state index contributed by atoms with van der Waals surface area (Å²) in [5.74, 6) is -0.890. The van der Waals surface area contributed by atoms with Crippen LogP contribution in [0, 0.1) is 0 Å². The predicted octanol–water partition coefficient (Wildman–Crippen LogP) is 4.13. The number of quaternary nitrogens is 1. The first-order valence-electron chi connectivity index (χ1n) is 8.70. The van der Waals surface area contributed by atoms with E-state index >= 15 is 0 Å². The Kier molecular flexibility index (Phi) is 11.4. The minimum atomic E-state index is -0.510. The third-order valence-electron chi connectivity index (χ3n) is 3.78. The van der Waals surface area contributed by atoms with Crippen LogP contribution in [0.4, 0.5) is 0 Å². The molecule has 0 aliphatic heterocycles. The van der Waals surface area contributed by atoms with E-state index in [0.717, 1.165) is 18.9 Å². The standard InChI is InChI=1S/C18H34NO4/c1-6-8-9-10-11-12-13-14-15-17(22-18(21)7-2)19(4,5)23-16(3)20/h7,17H,2,6,8-15H2,1,3-5H3/q+1. The average molecular weight is 328 g/mol. The molecule has 0 spiro atoms. The van der Waals surface area contributed by atoms with Crippen LogP contribution >= 0.6 is 0 Å². The van der Waals surface area contributed by atoms with Crippen LogP contribution in [0.15, 0.2) is 12.7 Å². The van der Waals surface area contributed by atoms with E-state index in [2.05, 4.69) is 13.5 Å². The van der Waals surface area contributed by atoms with Crippen LogP contribution < -0.4 is 0 Å². The van der Waals surface area contributed by atoms with Crippen molar-refractivity contribution in [1.82, 2.24) is 0 Å². The van der Waals surface area contributed by atoms with Crippen molar-refractivity contribution in [3.05, 3.63) is 12.7 Å². The van der Waals surface area contributed by atoms with Gasteiger partial charge in [0, 0.05) is 19.4 Å². The maximum Gasteiger partial charge on any atom is 0.363 e. The average Bonchev–Trinajstić information content (AvgIpc) is 2.47. The van der Waals surface area contributed by atoms with E-state index in [1.807, 2.05) is 0 Å². The van der Waals surface area contributed by atoms with Crippen molar-refractivity contribution >= 4 is 11.9 Å². The van der Waals surface area contributed by atoms with Gasteiger partial charge in [-0.05, 0) is 6.42 Å². The molecule has 0 N–H and O–H groups in total. The Hall–Kier alpha value is -1.36. The fourth-order valence-corrected chi connectivity index (χ4v) is 2.52. The van der Waals surface area contributed by atoms with Gasteiger partial charge >= 0.3 is 11.9 Å². The van der Waals surface area contributed by atoms with Crippen molar-refractivity contribution in [3.8, 4) is 0 Å². The fraction of sp³-hybridized carbons (Fsp3) is 0.778. The first-order chi connectivity index (χ1) is 10.8. The zero-order valence-electron chi connectivity index (χ0n) is 15.3. The van der Waals surface area contributed by atoms with Crippen molar-refractivity contribution in [1.29, 1.82) is 0 Å². The molecule has 0 radical (unpaired) electrons. The molecule has 0 aromatic heterocycles. The Bertz CT molecular complexity index is 366. The summed E-state index contributed by atoms with van der Waals surface area (Å²) in [5.41, 5.74) is 0. The quantitative estimate of drug-likeness (QED) is 0.127. The van der Waals surface area contributed by atoms with Crippen molar-refractivity contribution in [2.75, 3.05) is 14.1 Å². The second kappa shape index (κ2) is 12.1. The van der Waals surface area contributed by atoms with Gasteiger partial charge in [0.1, 0.15) is 14.1 Å². The maximum absolute atomic E-state index is 11.5. The molecule has 0 saturated heterocycles. The summed E-state index contributed by atoms with van der Waals surface area (Å²) in [7, 11) is 3.43. The molecule has 0 rings (SSSR count). The molecule has 5 heteroatoms. The molecule has 0 fully saturated rings. The molecule has 5 nitrogen and oxygen atoms in total. The molecule has 23 heavy (non-hydrogen) atoms. The molecule has 0 heterocycles. The fourth-order valence-electron chi connectivity index (χ4n) is 2.52. The first kappa shape index (κ1) is 21.6. The van der Waals surface area contributed by atoms with Gasteiger partial charge < -0.3 is 4.74 Å². The molecule has 134 valence electrons. The Labute approximate surface area is 141 Å². The number of hydroxylamine groups is 3. The van der Waals surface area contributed by atoms with Gasteiger partial charge in [0.2, 0.25) is 0 Å². The number of carbonyl (C=O) groups is 2. The smallest absolute Gasteiger partial charge is 0.363 e. The Morgan fingerprint density at radius 3 is 2.04 bits per heavy atom. The normalized spacial score (nSPS) is 12.5. The van der Waals surface area contributed by atoms with Crippen molar-refractivity contribution in [3.63, 3.8) is 0 Å². The SMILES string of the molecule is C=CC(=O)OC(CCCCCCCCCC)[N+](C)(C)OC(C)=O. The highest BCUT2D eigenvalue weighted by molar-refractivity contribution is 5.81. The van der Waals surface area contributed by atoms with Gasteiger partial charge in [0.25, 0.3) is 6.23 Å². The number of rotatable bonds is 13. The predicted molar refractivity (Wildman–Crippen MR) is 91.2 cm³/mol. The zero-order chi connectivity index (χ0) is 17.7. The van der Waals surface area contributed by atoms with Crippen LogP contribution in [0.25, 0.3) is 0 Å². The van der Waals surface area contributed by atoms with Gasteiger partial charge in [0.05, 0.1) is 0 Å². The summed E-state index contributed by atoms with van der Waals surface area (Å²) < 4.78 is 5.24. The van der Waals surface area contributed by atoms with E-state index in [0.29, 0.717) is 6.42 Å². The highest BCUT2D eigenvalue weighted by atomic mass is 16.8. The number of nitrogens with zero attached hydrogens (tertiary/aromatic N) is 1. The van der Waals surface area contributed by atoms with Gasteiger partial charge in [0.15, 0.2) is 0 Å². The summed E-state index contributed by atoms with van der Waals surface area (Å²) in [4.78, 5) is 28.0. The van der Waals surface area contributed by atoms with Crippen LogP contribution in [-0.4, -0.2) is 36.9 Å². The van der Waals surface area contributed by atoms with E-state index in [-0.39, 0.29) is 4.65 Å². The number of esters is 1. The third-order valence-corrected chi connectivity index (χ3v) is 3.78. The van der Waals surface area contributed by atoms with E-state index in [1.54, 1.807) is 14.1 Å². The van der Waals surface area contributed by atoms with Gasteiger partial charge in [-0.25, -0.2) is 9.59 Å². The van der Waals surface area contributed by atoms with Gasteiger partial charge in [-0.3, -0.25) is 4.84 Å². The first-order valence-corrected chi connectivity index (χ1v) is 8.70. The number of hydrogen-bond acceptors (Lipinski definition) is 4. The number of ether oxygens (including phenoxy) is 1. The Balaban J connectivity index is 4.24. The van der Waals surface area contributed by atoms with Crippen molar-refractivity contribution in [2.24, 2.45) is 0 Å². The molecule has 0 aromatic rings. The summed E-state index contributed by atoms with van der Waals surface area (Å²) in [6.45, 7) is 6.98. The lowest BCUT2D eigenvalue weighted by Crippen LogP contribution is -2.51. The highest BCUT2D eigenvalue weighted by Crippen LogP contribution is 2.19. The largest absolute Gasteiger partial charge is 0.405 e. The molecule has 1 unspecified atom stereocenters. The lowest BCUT2D eigenvalue weighted by Gasteiger charge is -2.32. The van der Waals surface area contributed by atoms with Crippen LogP contribution in [0.1, 0.15) is 71.6 Å². The van der Waals surface area contributed by atoms with E-state index in [1.165, 1.54) is 45.4 Å². The molecule has 0 amide bonds. The molecule has 0 aromatic carbocycles. The third kappa shape index (κ3) is 10.9. The molecule has 1 atom stereocenters. The summed E-state index contributed by atoms with van der Waals surface area (Å²) >= 11 is 0. The van der Waals surface area contributed by atoms with Crippen molar-refractivity contribution in [2.45, 2.75) is 77.9 Å². The molecular formula is C18H34NO4+. The van der Waals surface area contributed by atoms with Gasteiger partial charge in [-0.1, -0.05) is 58.4 Å². The summed E-state index contributed by atoms with van der Waals surface area (Å²) in [5, 5.41) is 0. The van der Waals surface area contributed by atoms with Crippen molar-refractivity contribution < 1.29 is 23.8 Å². The van der Waals surface area contributed by atoms with Crippen LogP contribution in [0.5, 0.6) is 0 Å². The molecular weight excluding hydrogens is 294 g/mol. The van der Waals surface area contributed by atoms with E-state index in [9.17, 15) is 9.59 Å². The number of hydrogen-bond donors (Lipinski definition) is 0. The highest BCUT2D eigenvalue weighted by Gasteiger charge is 2.35. The Morgan fingerprint density at radius 1 is 1.04 bits per heavy atom. The van der Waals surface area contributed by atoms with E-state index in [4.69, 9.17) is 9.57 Å². The van der Waals surface area contributed by atoms with Gasteiger partial charge in [-0.2, -0.15) is 0 Å². The maximum atomic E-state index is 11.5. The molecule has 0 bridgehead atoms. The summed E-state index contributed by atoms with van der Waals surface area (Å²) in [6, 6.07) is 0. The molecule has 0 aliphatic rings. The number of unbranched alkanes of at least 4 members (excludes halogenated alkanes) is 7. The minimum Gasteiger partial charge on any atom is -0.405 e. The minimum absolute atomic E-state index is 0.120. The number of carbonyl (C=O) groups excluding carboxylic acids is 2. The molecule has 0 aliphatic carbocycles. The van der Waals surface area contributed by atoms with Crippen LogP contribution in [-0.2, 0) is 19.2 Å². The lowest BCUT2D eigenvalue weighted by molar-refractivity contribution is -1.09. The summed E-state index contributed by atoms with van der Waals surface area (Å²) in [6.07, 6.45) is 10.9.